The first-order chi connectivity index (χ1) is 8.25. The second-order valence-electron chi connectivity index (χ2n) is 4.42. The Labute approximate surface area is 116 Å². The smallest absolute Gasteiger partial charge is 0.133 e. The number of benzene rings is 1. The lowest BCUT2D eigenvalue weighted by Gasteiger charge is -2.22. The quantitative estimate of drug-likeness (QED) is 0.910. The van der Waals surface area contributed by atoms with Gasteiger partial charge in [-0.15, -0.1) is 0 Å². The van der Waals surface area contributed by atoms with E-state index in [1.165, 1.54) is 19.4 Å². The standard InChI is InChI=1S/C13H17BrClNO/c14-12-8-11(15)3-4-13(12)17-7-5-10-2-1-6-16-9-10/h3-4,8,10,16H,1-2,5-7,9H2. The minimum atomic E-state index is 0.723. The Morgan fingerprint density at radius 1 is 1.47 bits per heavy atom. The van der Waals surface area contributed by atoms with Crippen LogP contribution in [0.1, 0.15) is 19.3 Å². The van der Waals surface area contributed by atoms with Crippen LogP contribution in [0.25, 0.3) is 0 Å². The number of piperidine rings is 1. The number of nitrogens with one attached hydrogen (secondary N) is 1. The molecule has 0 radical (unpaired) electrons. The summed E-state index contributed by atoms with van der Waals surface area (Å²) in [6, 6.07) is 5.62. The molecule has 0 aromatic heterocycles. The Kier molecular flexibility index (Phi) is 5.14. The Hall–Kier alpha value is -0.250. The highest BCUT2D eigenvalue weighted by Crippen LogP contribution is 2.28. The molecule has 1 aliphatic rings. The fraction of sp³-hybridized carbons (Fsp3) is 0.538. The molecular weight excluding hydrogens is 302 g/mol. The molecule has 0 amide bonds. The third kappa shape index (κ3) is 4.16. The van der Waals surface area contributed by atoms with Crippen LogP contribution in [0.2, 0.25) is 5.02 Å². The van der Waals surface area contributed by atoms with Gasteiger partial charge in [0.05, 0.1) is 11.1 Å². The van der Waals surface area contributed by atoms with Crippen LogP contribution >= 0.6 is 27.5 Å². The van der Waals surface area contributed by atoms with Gasteiger partial charge in [-0.1, -0.05) is 11.6 Å². The van der Waals surface area contributed by atoms with Crippen molar-refractivity contribution in [1.29, 1.82) is 0 Å². The zero-order chi connectivity index (χ0) is 12.1. The minimum Gasteiger partial charge on any atom is -0.492 e. The van der Waals surface area contributed by atoms with E-state index in [0.717, 1.165) is 40.7 Å². The fourth-order valence-corrected chi connectivity index (χ4v) is 2.90. The number of hydrogen-bond donors (Lipinski definition) is 1. The van der Waals surface area contributed by atoms with Gasteiger partial charge in [0.2, 0.25) is 0 Å². The monoisotopic (exact) mass is 317 g/mol. The summed E-state index contributed by atoms with van der Waals surface area (Å²) in [6.45, 7) is 3.07. The number of hydrogen-bond acceptors (Lipinski definition) is 2. The van der Waals surface area contributed by atoms with Gasteiger partial charge in [-0.2, -0.15) is 0 Å². The summed E-state index contributed by atoms with van der Waals surface area (Å²) in [7, 11) is 0. The van der Waals surface area contributed by atoms with Crippen LogP contribution in [0.3, 0.4) is 0 Å². The first-order valence-corrected chi connectivity index (χ1v) is 7.21. The van der Waals surface area contributed by atoms with Gasteiger partial charge < -0.3 is 10.1 Å². The number of halogens is 2. The molecule has 0 aliphatic carbocycles. The Bertz CT molecular complexity index is 366. The Balaban J connectivity index is 1.77. The predicted molar refractivity (Wildman–Crippen MR) is 74.9 cm³/mol. The molecule has 94 valence electrons. The topological polar surface area (TPSA) is 21.3 Å². The van der Waals surface area contributed by atoms with Crippen molar-refractivity contribution in [2.75, 3.05) is 19.7 Å². The molecule has 1 atom stereocenters. The Morgan fingerprint density at radius 2 is 2.35 bits per heavy atom. The van der Waals surface area contributed by atoms with E-state index in [-0.39, 0.29) is 0 Å². The van der Waals surface area contributed by atoms with Crippen molar-refractivity contribution in [3.05, 3.63) is 27.7 Å². The molecule has 2 rings (SSSR count). The average molecular weight is 319 g/mol. The summed E-state index contributed by atoms with van der Waals surface area (Å²) >= 11 is 9.33. The van der Waals surface area contributed by atoms with E-state index < -0.39 is 0 Å². The average Bonchev–Trinajstić information content (AvgIpc) is 2.33. The van der Waals surface area contributed by atoms with Crippen LogP contribution in [0.5, 0.6) is 5.75 Å². The molecule has 1 fully saturated rings. The summed E-state index contributed by atoms with van der Waals surface area (Å²) in [5, 5.41) is 4.14. The highest BCUT2D eigenvalue weighted by molar-refractivity contribution is 9.10. The summed E-state index contributed by atoms with van der Waals surface area (Å²) in [5.74, 6) is 1.63. The molecule has 1 aliphatic heterocycles. The van der Waals surface area contributed by atoms with E-state index in [1.54, 1.807) is 0 Å². The summed E-state index contributed by atoms with van der Waals surface area (Å²) in [4.78, 5) is 0. The maximum absolute atomic E-state index is 5.88. The van der Waals surface area contributed by atoms with Crippen LogP contribution in [-0.2, 0) is 0 Å². The van der Waals surface area contributed by atoms with Crippen LogP contribution in [-0.4, -0.2) is 19.7 Å². The Morgan fingerprint density at radius 3 is 3.06 bits per heavy atom. The molecule has 1 saturated heterocycles. The van der Waals surface area contributed by atoms with Crippen molar-refractivity contribution in [3.8, 4) is 5.75 Å². The fourth-order valence-electron chi connectivity index (χ4n) is 2.10. The van der Waals surface area contributed by atoms with Crippen molar-refractivity contribution in [2.45, 2.75) is 19.3 Å². The molecule has 4 heteroatoms. The van der Waals surface area contributed by atoms with Gasteiger partial charge in [-0.05, 0) is 72.4 Å². The molecule has 1 unspecified atom stereocenters. The second-order valence-corrected chi connectivity index (χ2v) is 5.72. The van der Waals surface area contributed by atoms with E-state index in [1.807, 2.05) is 18.2 Å². The van der Waals surface area contributed by atoms with Gasteiger partial charge in [-0.25, -0.2) is 0 Å². The number of ether oxygens (including phenoxy) is 1. The first kappa shape index (κ1) is 13.2. The highest BCUT2D eigenvalue weighted by Gasteiger charge is 2.12. The molecule has 17 heavy (non-hydrogen) atoms. The second kappa shape index (κ2) is 6.62. The van der Waals surface area contributed by atoms with E-state index in [9.17, 15) is 0 Å². The molecule has 2 nitrogen and oxygen atoms in total. The van der Waals surface area contributed by atoms with Crippen LogP contribution in [0.4, 0.5) is 0 Å². The molecule has 0 bridgehead atoms. The SMILES string of the molecule is Clc1ccc(OCCC2CCCNC2)c(Br)c1. The summed E-state index contributed by atoms with van der Waals surface area (Å²) in [5.41, 5.74) is 0. The van der Waals surface area contributed by atoms with Gasteiger partial charge in [0.1, 0.15) is 5.75 Å². The minimum absolute atomic E-state index is 0.723. The normalized spacial score (nSPS) is 20.2. The maximum atomic E-state index is 5.88. The van der Waals surface area contributed by atoms with E-state index in [0.29, 0.717) is 0 Å². The summed E-state index contributed by atoms with van der Waals surface area (Å²) < 4.78 is 6.68. The zero-order valence-corrected chi connectivity index (χ0v) is 12.1. The molecule has 1 aromatic carbocycles. The summed E-state index contributed by atoms with van der Waals surface area (Å²) in [6.07, 6.45) is 3.72. The van der Waals surface area contributed by atoms with Gasteiger partial charge >= 0.3 is 0 Å². The lowest BCUT2D eigenvalue weighted by Crippen LogP contribution is -2.30. The van der Waals surface area contributed by atoms with Crippen LogP contribution in [0, 0.1) is 5.92 Å². The largest absolute Gasteiger partial charge is 0.492 e. The maximum Gasteiger partial charge on any atom is 0.133 e. The molecule has 1 heterocycles. The zero-order valence-electron chi connectivity index (χ0n) is 9.72. The van der Waals surface area contributed by atoms with Gasteiger partial charge in [0.15, 0.2) is 0 Å². The van der Waals surface area contributed by atoms with Crippen LogP contribution < -0.4 is 10.1 Å². The molecule has 0 saturated carbocycles. The van der Waals surface area contributed by atoms with E-state index in [2.05, 4.69) is 21.2 Å². The predicted octanol–water partition coefficient (Wildman–Crippen LogP) is 3.87. The van der Waals surface area contributed by atoms with Crippen LogP contribution in [0.15, 0.2) is 22.7 Å². The molecule has 1 N–H and O–H groups in total. The van der Waals surface area contributed by atoms with Gasteiger partial charge in [0.25, 0.3) is 0 Å². The van der Waals surface area contributed by atoms with Gasteiger partial charge in [0, 0.05) is 5.02 Å². The lowest BCUT2D eigenvalue weighted by molar-refractivity contribution is 0.253. The molecular formula is C13H17BrClNO. The van der Waals surface area contributed by atoms with Crippen molar-refractivity contribution in [2.24, 2.45) is 5.92 Å². The van der Waals surface area contributed by atoms with Gasteiger partial charge in [-0.3, -0.25) is 0 Å². The first-order valence-electron chi connectivity index (χ1n) is 6.04. The number of rotatable bonds is 4. The molecule has 0 spiro atoms. The van der Waals surface area contributed by atoms with Crippen molar-refractivity contribution >= 4 is 27.5 Å². The third-order valence-corrected chi connectivity index (χ3v) is 3.93. The highest BCUT2D eigenvalue weighted by atomic mass is 79.9. The van der Waals surface area contributed by atoms with Crippen molar-refractivity contribution < 1.29 is 4.74 Å². The molecule has 1 aromatic rings. The van der Waals surface area contributed by atoms with Crippen molar-refractivity contribution in [3.63, 3.8) is 0 Å². The van der Waals surface area contributed by atoms with E-state index in [4.69, 9.17) is 16.3 Å². The lowest BCUT2D eigenvalue weighted by atomic mass is 9.97. The van der Waals surface area contributed by atoms with Crippen molar-refractivity contribution in [1.82, 2.24) is 5.32 Å². The third-order valence-electron chi connectivity index (χ3n) is 3.08. The van der Waals surface area contributed by atoms with E-state index >= 15 is 0 Å².